The summed E-state index contributed by atoms with van der Waals surface area (Å²) in [5, 5.41) is 4.14. The van der Waals surface area contributed by atoms with E-state index in [4.69, 9.17) is 27.9 Å². The summed E-state index contributed by atoms with van der Waals surface area (Å²) in [4.78, 5) is 11.6. The van der Waals surface area contributed by atoms with Crippen molar-refractivity contribution in [1.29, 1.82) is 0 Å². The van der Waals surface area contributed by atoms with E-state index in [1.165, 1.54) is 0 Å². The Morgan fingerprint density at radius 2 is 2.10 bits per heavy atom. The van der Waals surface area contributed by atoms with E-state index in [0.717, 1.165) is 11.3 Å². The summed E-state index contributed by atoms with van der Waals surface area (Å²) in [5.74, 6) is -0.736. The lowest BCUT2D eigenvalue weighted by molar-refractivity contribution is -0.146. The van der Waals surface area contributed by atoms with Crippen molar-refractivity contribution < 1.29 is 9.53 Å². The number of hydrogen-bond donors (Lipinski definition) is 0. The minimum atomic E-state index is -0.930. The quantitative estimate of drug-likeness (QED) is 0.644. The molecule has 0 radical (unpaired) electrons. The van der Waals surface area contributed by atoms with Gasteiger partial charge >= 0.3 is 5.97 Å². The number of nitrogens with zero attached hydrogens (tertiary/aromatic N) is 2. The largest absolute Gasteiger partial charge is 0.461 e. The first-order valence-corrected chi connectivity index (χ1v) is 6.95. The molecule has 20 heavy (non-hydrogen) atoms. The van der Waals surface area contributed by atoms with Crippen molar-refractivity contribution >= 4 is 29.2 Å². The van der Waals surface area contributed by atoms with Crippen molar-refractivity contribution in [3.63, 3.8) is 0 Å². The molecule has 104 valence electrons. The van der Waals surface area contributed by atoms with E-state index in [-0.39, 0.29) is 12.6 Å². The molecule has 0 saturated heterocycles. The predicted molar refractivity (Wildman–Crippen MR) is 75.9 cm³/mol. The monoisotopic (exact) mass is 310 g/mol. The van der Waals surface area contributed by atoms with Crippen molar-refractivity contribution in [2.45, 2.75) is 17.4 Å². The summed E-state index contributed by atoms with van der Waals surface area (Å²) in [6.07, 6.45) is 4.05. The molecule has 3 rings (SSSR count). The van der Waals surface area contributed by atoms with E-state index in [0.29, 0.717) is 6.42 Å². The Bertz CT molecular complexity index is 609. The standard InChI is InChI=1S/C14H12Cl2N2O2/c15-14(16)8-12(14)13(19)20-9-10-2-4-11(5-3-10)18-7-1-6-17-18/h1-7,12H,8-9H2. The summed E-state index contributed by atoms with van der Waals surface area (Å²) in [6.45, 7) is 0.221. The van der Waals surface area contributed by atoms with Crippen molar-refractivity contribution in [1.82, 2.24) is 9.78 Å². The van der Waals surface area contributed by atoms with E-state index in [1.807, 2.05) is 36.5 Å². The van der Waals surface area contributed by atoms with Crippen molar-refractivity contribution in [2.75, 3.05) is 0 Å². The smallest absolute Gasteiger partial charge is 0.312 e. The van der Waals surface area contributed by atoms with Gasteiger partial charge < -0.3 is 4.74 Å². The number of carbonyl (C=O) groups is 1. The number of hydrogen-bond acceptors (Lipinski definition) is 3. The molecular formula is C14H12Cl2N2O2. The predicted octanol–water partition coefficient (Wildman–Crippen LogP) is 3.11. The highest BCUT2D eigenvalue weighted by atomic mass is 35.5. The molecule has 1 atom stereocenters. The number of halogens is 2. The van der Waals surface area contributed by atoms with Crippen LogP contribution in [0.4, 0.5) is 0 Å². The van der Waals surface area contributed by atoms with Crippen molar-refractivity contribution in [3.8, 4) is 5.69 Å². The van der Waals surface area contributed by atoms with Gasteiger partial charge in [0.2, 0.25) is 0 Å². The normalized spacial score (nSPS) is 19.6. The van der Waals surface area contributed by atoms with Gasteiger partial charge in [0.15, 0.2) is 0 Å². The molecule has 0 spiro atoms. The Labute approximate surface area is 126 Å². The summed E-state index contributed by atoms with van der Waals surface area (Å²) < 4.78 is 6.02. The lowest BCUT2D eigenvalue weighted by atomic mass is 10.2. The fraction of sp³-hybridized carbons (Fsp3) is 0.286. The molecule has 0 N–H and O–H groups in total. The topological polar surface area (TPSA) is 44.1 Å². The SMILES string of the molecule is O=C(OCc1ccc(-n2cccn2)cc1)C1CC1(Cl)Cl. The molecule has 1 aromatic heterocycles. The molecule has 1 unspecified atom stereocenters. The number of benzene rings is 1. The van der Waals surface area contributed by atoms with Gasteiger partial charge in [-0.25, -0.2) is 4.68 Å². The summed E-state index contributed by atoms with van der Waals surface area (Å²) in [5.41, 5.74) is 1.86. The molecule has 1 fully saturated rings. The van der Waals surface area contributed by atoms with Gasteiger partial charge in [-0.3, -0.25) is 4.79 Å². The number of ether oxygens (including phenoxy) is 1. The van der Waals surface area contributed by atoms with E-state index in [2.05, 4.69) is 5.10 Å². The van der Waals surface area contributed by atoms with Gasteiger partial charge in [-0.2, -0.15) is 5.10 Å². The first kappa shape index (κ1) is 13.5. The minimum Gasteiger partial charge on any atom is -0.461 e. The molecule has 1 heterocycles. The van der Waals surface area contributed by atoms with Gasteiger partial charge in [-0.15, -0.1) is 23.2 Å². The van der Waals surface area contributed by atoms with Crippen LogP contribution in [0.1, 0.15) is 12.0 Å². The Balaban J connectivity index is 1.58. The van der Waals surface area contributed by atoms with Crippen LogP contribution in [0.5, 0.6) is 0 Å². The summed E-state index contributed by atoms with van der Waals surface area (Å²) in [7, 11) is 0. The third-order valence-electron chi connectivity index (χ3n) is 3.20. The van der Waals surface area contributed by atoms with Gasteiger partial charge in [0.1, 0.15) is 10.9 Å². The Morgan fingerprint density at radius 1 is 1.40 bits per heavy atom. The van der Waals surface area contributed by atoms with E-state index in [1.54, 1.807) is 10.9 Å². The van der Waals surface area contributed by atoms with E-state index >= 15 is 0 Å². The third kappa shape index (κ3) is 2.81. The van der Waals surface area contributed by atoms with E-state index in [9.17, 15) is 4.79 Å². The third-order valence-corrected chi connectivity index (χ3v) is 4.03. The first-order chi connectivity index (χ1) is 9.56. The Kier molecular flexibility index (Phi) is 3.44. The van der Waals surface area contributed by atoms with Gasteiger partial charge in [-0.1, -0.05) is 12.1 Å². The molecular weight excluding hydrogens is 299 g/mol. The van der Waals surface area contributed by atoms with Crippen molar-refractivity contribution in [3.05, 3.63) is 48.3 Å². The summed E-state index contributed by atoms with van der Waals surface area (Å²) >= 11 is 11.6. The van der Waals surface area contributed by atoms with Crippen LogP contribution in [-0.2, 0) is 16.1 Å². The van der Waals surface area contributed by atoms with Crippen LogP contribution in [-0.4, -0.2) is 20.1 Å². The van der Waals surface area contributed by atoms with Gasteiger partial charge in [0, 0.05) is 12.4 Å². The summed E-state index contributed by atoms with van der Waals surface area (Å²) in [6, 6.07) is 9.48. The Hall–Kier alpha value is -1.52. The molecule has 0 aliphatic heterocycles. The molecule has 2 aromatic rings. The molecule has 4 nitrogen and oxygen atoms in total. The van der Waals surface area contributed by atoms with Crippen LogP contribution in [0, 0.1) is 5.92 Å². The molecule has 1 saturated carbocycles. The zero-order valence-electron chi connectivity index (χ0n) is 10.5. The maximum Gasteiger partial charge on any atom is 0.312 e. The molecule has 1 aliphatic rings. The fourth-order valence-corrected chi connectivity index (χ4v) is 2.38. The fourth-order valence-electron chi connectivity index (χ4n) is 1.89. The maximum atomic E-state index is 11.6. The van der Waals surface area contributed by atoms with Gasteiger partial charge in [-0.05, 0) is 30.2 Å². The second-order valence-electron chi connectivity index (χ2n) is 4.74. The van der Waals surface area contributed by atoms with Crippen LogP contribution in [0.3, 0.4) is 0 Å². The lowest BCUT2D eigenvalue weighted by Crippen LogP contribution is -2.10. The minimum absolute atomic E-state index is 0.221. The van der Waals surface area contributed by atoms with Crippen LogP contribution < -0.4 is 0 Å². The van der Waals surface area contributed by atoms with Crippen molar-refractivity contribution in [2.24, 2.45) is 5.92 Å². The molecule has 0 amide bonds. The number of esters is 1. The number of rotatable bonds is 4. The highest BCUT2D eigenvalue weighted by Crippen LogP contribution is 2.53. The highest BCUT2D eigenvalue weighted by Gasteiger charge is 2.57. The molecule has 6 heteroatoms. The number of carbonyl (C=O) groups excluding carboxylic acids is 1. The lowest BCUT2D eigenvalue weighted by Gasteiger charge is -2.06. The molecule has 1 aromatic carbocycles. The zero-order valence-corrected chi connectivity index (χ0v) is 12.0. The Morgan fingerprint density at radius 3 is 2.65 bits per heavy atom. The van der Waals surface area contributed by atoms with Crippen LogP contribution >= 0.6 is 23.2 Å². The second-order valence-corrected chi connectivity index (χ2v) is 6.28. The van der Waals surface area contributed by atoms with Crippen LogP contribution in [0.25, 0.3) is 5.69 Å². The average Bonchev–Trinajstić information content (AvgIpc) is 2.87. The van der Waals surface area contributed by atoms with Crippen LogP contribution in [0.15, 0.2) is 42.7 Å². The number of aromatic nitrogens is 2. The zero-order chi connectivity index (χ0) is 14.2. The average molecular weight is 311 g/mol. The number of alkyl halides is 2. The van der Waals surface area contributed by atoms with Crippen LogP contribution in [0.2, 0.25) is 0 Å². The van der Waals surface area contributed by atoms with Gasteiger partial charge in [0.05, 0.1) is 11.6 Å². The van der Waals surface area contributed by atoms with Gasteiger partial charge in [0.25, 0.3) is 0 Å². The maximum absolute atomic E-state index is 11.6. The second kappa shape index (κ2) is 5.11. The molecule has 1 aliphatic carbocycles. The molecule has 0 bridgehead atoms. The van der Waals surface area contributed by atoms with E-state index < -0.39 is 10.3 Å². The highest BCUT2D eigenvalue weighted by molar-refractivity contribution is 6.52. The first-order valence-electron chi connectivity index (χ1n) is 6.20.